The number of carbonyl (C=O) groups is 1. The number of nitro groups is 1. The molecule has 0 aliphatic carbocycles. The number of nitrogens with one attached hydrogen (secondary N) is 1. The van der Waals surface area contributed by atoms with Gasteiger partial charge in [0.1, 0.15) is 11.4 Å². The molecule has 0 unspecified atom stereocenters. The zero-order valence-corrected chi connectivity index (χ0v) is 12.7. The fraction of sp³-hybridized carbons (Fsp3) is 0.250. The molecule has 0 bridgehead atoms. The van der Waals surface area contributed by atoms with Crippen molar-refractivity contribution in [1.29, 1.82) is 0 Å². The van der Waals surface area contributed by atoms with Gasteiger partial charge < -0.3 is 10.1 Å². The highest BCUT2D eigenvalue weighted by atomic mass is 16.6. The third kappa shape index (κ3) is 4.77. The summed E-state index contributed by atoms with van der Waals surface area (Å²) in [4.78, 5) is 26.5. The molecule has 1 aromatic carbocycles. The zero-order chi connectivity index (χ0) is 16.7. The average molecular weight is 315 g/mol. The van der Waals surface area contributed by atoms with E-state index in [1.54, 1.807) is 30.6 Å². The molecule has 1 heterocycles. The molecule has 1 N–H and O–H groups in total. The molecule has 0 radical (unpaired) electrons. The quantitative estimate of drug-likeness (QED) is 0.626. The molecule has 0 atom stereocenters. The van der Waals surface area contributed by atoms with Crippen molar-refractivity contribution in [2.45, 2.75) is 19.8 Å². The first-order valence-corrected chi connectivity index (χ1v) is 7.20. The number of hydrogen-bond acceptors (Lipinski definition) is 5. The van der Waals surface area contributed by atoms with Gasteiger partial charge in [-0.3, -0.25) is 19.9 Å². The molecular formula is C16H17N3O4. The maximum absolute atomic E-state index is 12.0. The van der Waals surface area contributed by atoms with Crippen LogP contribution in [0.5, 0.6) is 5.75 Å². The van der Waals surface area contributed by atoms with Crippen molar-refractivity contribution in [3.05, 3.63) is 58.4 Å². The SMILES string of the molecule is CCCOc1ccc(NC(=O)Cc2ccncc2)c([N+](=O)[O-])c1. The molecule has 2 aromatic rings. The van der Waals surface area contributed by atoms with Crippen LogP contribution >= 0.6 is 0 Å². The van der Waals surface area contributed by atoms with Crippen LogP contribution in [-0.2, 0) is 11.2 Å². The second kappa shape index (κ2) is 7.88. The Morgan fingerprint density at radius 1 is 1.30 bits per heavy atom. The van der Waals surface area contributed by atoms with Crippen LogP contribution in [0.2, 0.25) is 0 Å². The van der Waals surface area contributed by atoms with Gasteiger partial charge in [-0.1, -0.05) is 6.92 Å². The van der Waals surface area contributed by atoms with E-state index in [0.29, 0.717) is 12.4 Å². The van der Waals surface area contributed by atoms with Crippen molar-refractivity contribution in [3.63, 3.8) is 0 Å². The van der Waals surface area contributed by atoms with E-state index in [0.717, 1.165) is 12.0 Å². The lowest BCUT2D eigenvalue weighted by Gasteiger charge is -2.09. The van der Waals surface area contributed by atoms with Gasteiger partial charge in [-0.25, -0.2) is 0 Å². The molecule has 0 spiro atoms. The Balaban J connectivity index is 2.12. The lowest BCUT2D eigenvalue weighted by Crippen LogP contribution is -2.15. The highest BCUT2D eigenvalue weighted by Crippen LogP contribution is 2.29. The summed E-state index contributed by atoms with van der Waals surface area (Å²) in [6.45, 7) is 2.42. The van der Waals surface area contributed by atoms with Crippen LogP contribution in [0, 0.1) is 10.1 Å². The molecule has 2 rings (SSSR count). The second-order valence-corrected chi connectivity index (χ2v) is 4.86. The first-order valence-electron chi connectivity index (χ1n) is 7.20. The van der Waals surface area contributed by atoms with E-state index >= 15 is 0 Å². The predicted molar refractivity (Wildman–Crippen MR) is 85.5 cm³/mol. The first-order chi connectivity index (χ1) is 11.1. The molecule has 0 aliphatic heterocycles. The predicted octanol–water partition coefficient (Wildman–Crippen LogP) is 2.96. The Labute approximate surface area is 133 Å². The first kappa shape index (κ1) is 16.4. The molecule has 7 nitrogen and oxygen atoms in total. The maximum Gasteiger partial charge on any atom is 0.296 e. The van der Waals surface area contributed by atoms with Crippen molar-refractivity contribution in [2.24, 2.45) is 0 Å². The van der Waals surface area contributed by atoms with Gasteiger partial charge in [-0.15, -0.1) is 0 Å². The van der Waals surface area contributed by atoms with Crippen LogP contribution in [0.3, 0.4) is 0 Å². The van der Waals surface area contributed by atoms with Crippen LogP contribution in [0.4, 0.5) is 11.4 Å². The van der Waals surface area contributed by atoms with E-state index < -0.39 is 4.92 Å². The van der Waals surface area contributed by atoms with Gasteiger partial charge in [0, 0.05) is 12.4 Å². The third-order valence-electron chi connectivity index (χ3n) is 3.03. The van der Waals surface area contributed by atoms with E-state index in [1.807, 2.05) is 6.92 Å². The number of hydrogen-bond donors (Lipinski definition) is 1. The lowest BCUT2D eigenvalue weighted by molar-refractivity contribution is -0.384. The molecule has 0 saturated carbocycles. The zero-order valence-electron chi connectivity index (χ0n) is 12.7. The topological polar surface area (TPSA) is 94.4 Å². The minimum absolute atomic E-state index is 0.119. The summed E-state index contributed by atoms with van der Waals surface area (Å²) >= 11 is 0. The van der Waals surface area contributed by atoms with Crippen LogP contribution in [0.15, 0.2) is 42.7 Å². The highest BCUT2D eigenvalue weighted by molar-refractivity contribution is 5.94. The molecule has 0 aliphatic rings. The summed E-state index contributed by atoms with van der Waals surface area (Å²) < 4.78 is 5.38. The van der Waals surface area contributed by atoms with Crippen molar-refractivity contribution in [1.82, 2.24) is 4.98 Å². The molecule has 1 aromatic heterocycles. The fourth-order valence-electron chi connectivity index (χ4n) is 1.96. The summed E-state index contributed by atoms with van der Waals surface area (Å²) in [6, 6.07) is 7.83. The number of nitro benzene ring substituents is 1. The Bertz CT molecular complexity index is 689. The monoisotopic (exact) mass is 315 g/mol. The number of pyridine rings is 1. The van der Waals surface area contributed by atoms with Crippen molar-refractivity contribution >= 4 is 17.3 Å². The molecule has 7 heteroatoms. The maximum atomic E-state index is 12.0. The van der Waals surface area contributed by atoms with Gasteiger partial charge in [0.15, 0.2) is 0 Å². The molecule has 0 fully saturated rings. The number of ether oxygens (including phenoxy) is 1. The summed E-state index contributed by atoms with van der Waals surface area (Å²) in [5.41, 5.74) is 0.739. The summed E-state index contributed by atoms with van der Waals surface area (Å²) in [5.74, 6) is 0.0761. The van der Waals surface area contributed by atoms with E-state index in [9.17, 15) is 14.9 Å². The standard InChI is InChI=1S/C16H17N3O4/c1-2-9-23-13-3-4-14(15(11-13)19(21)22)18-16(20)10-12-5-7-17-8-6-12/h3-8,11H,2,9-10H2,1H3,(H,18,20). The Hall–Kier alpha value is -2.96. The number of nitrogens with zero attached hydrogens (tertiary/aromatic N) is 2. The van der Waals surface area contributed by atoms with Crippen LogP contribution < -0.4 is 10.1 Å². The molecule has 0 saturated heterocycles. The summed E-state index contributed by atoms with van der Waals surface area (Å²) in [7, 11) is 0. The van der Waals surface area contributed by atoms with E-state index in [4.69, 9.17) is 4.74 Å². The molecule has 1 amide bonds. The van der Waals surface area contributed by atoms with Gasteiger partial charge in [0.2, 0.25) is 5.91 Å². The van der Waals surface area contributed by atoms with E-state index in [1.165, 1.54) is 12.1 Å². The van der Waals surface area contributed by atoms with E-state index in [-0.39, 0.29) is 23.7 Å². The van der Waals surface area contributed by atoms with Crippen molar-refractivity contribution in [2.75, 3.05) is 11.9 Å². The summed E-state index contributed by atoms with van der Waals surface area (Å²) in [6.07, 6.45) is 4.10. The lowest BCUT2D eigenvalue weighted by atomic mass is 10.2. The van der Waals surface area contributed by atoms with Gasteiger partial charge >= 0.3 is 0 Å². The highest BCUT2D eigenvalue weighted by Gasteiger charge is 2.17. The number of carbonyl (C=O) groups excluding carboxylic acids is 1. The Morgan fingerprint density at radius 2 is 2.04 bits per heavy atom. The van der Waals surface area contributed by atoms with Crippen LogP contribution in [0.1, 0.15) is 18.9 Å². The van der Waals surface area contributed by atoms with E-state index in [2.05, 4.69) is 10.3 Å². The largest absolute Gasteiger partial charge is 0.493 e. The van der Waals surface area contributed by atoms with Crippen molar-refractivity contribution in [3.8, 4) is 5.75 Å². The Morgan fingerprint density at radius 3 is 2.70 bits per heavy atom. The molecular weight excluding hydrogens is 298 g/mol. The van der Waals surface area contributed by atoms with Gasteiger partial charge in [-0.2, -0.15) is 0 Å². The molecule has 23 heavy (non-hydrogen) atoms. The molecule has 120 valence electrons. The van der Waals surface area contributed by atoms with Crippen molar-refractivity contribution < 1.29 is 14.5 Å². The van der Waals surface area contributed by atoms with Gasteiger partial charge in [0.25, 0.3) is 5.69 Å². The smallest absolute Gasteiger partial charge is 0.296 e. The number of amides is 1. The number of anilines is 1. The number of aromatic nitrogens is 1. The van der Waals surface area contributed by atoms with Crippen LogP contribution in [-0.4, -0.2) is 22.4 Å². The minimum atomic E-state index is -0.541. The fourth-order valence-corrected chi connectivity index (χ4v) is 1.96. The average Bonchev–Trinajstić information content (AvgIpc) is 2.54. The number of benzene rings is 1. The van der Waals surface area contributed by atoms with Crippen LogP contribution in [0.25, 0.3) is 0 Å². The van der Waals surface area contributed by atoms with Gasteiger partial charge in [-0.05, 0) is 36.2 Å². The van der Waals surface area contributed by atoms with Gasteiger partial charge in [0.05, 0.1) is 24.0 Å². The normalized spacial score (nSPS) is 10.1. The summed E-state index contributed by atoms with van der Waals surface area (Å²) in [5, 5.41) is 13.7. The number of rotatable bonds is 7. The minimum Gasteiger partial charge on any atom is -0.493 e. The third-order valence-corrected chi connectivity index (χ3v) is 3.03. The Kier molecular flexibility index (Phi) is 5.62. The second-order valence-electron chi connectivity index (χ2n) is 4.86.